The Hall–Kier alpha value is -1.92. The van der Waals surface area contributed by atoms with E-state index in [1.54, 1.807) is 0 Å². The van der Waals surface area contributed by atoms with Gasteiger partial charge in [0.15, 0.2) is 0 Å². The van der Waals surface area contributed by atoms with Gasteiger partial charge in [-0.2, -0.15) is 0 Å². The minimum atomic E-state index is 0.145. The SMILES string of the molecule is Cc1cc(CN2CCOC[C@]3(CCN(c4ncccn4)C3)C2)oc1C. The number of ether oxygens (including phenoxy) is 1. The van der Waals surface area contributed by atoms with E-state index in [0.29, 0.717) is 0 Å². The summed E-state index contributed by atoms with van der Waals surface area (Å²) < 4.78 is 11.9. The second-order valence-corrected chi connectivity index (χ2v) is 7.44. The number of hydrogen-bond donors (Lipinski definition) is 0. The molecule has 0 bridgehead atoms. The van der Waals surface area contributed by atoms with E-state index in [-0.39, 0.29) is 5.41 Å². The fraction of sp³-hybridized carbons (Fsp3) is 0.579. The number of anilines is 1. The zero-order valence-corrected chi connectivity index (χ0v) is 15.1. The average Bonchev–Trinajstić information content (AvgIpc) is 3.09. The molecule has 2 aliphatic heterocycles. The van der Waals surface area contributed by atoms with Crippen molar-refractivity contribution in [1.82, 2.24) is 14.9 Å². The van der Waals surface area contributed by atoms with Crippen LogP contribution in [0.1, 0.15) is 23.5 Å². The molecule has 6 nitrogen and oxygen atoms in total. The first-order valence-electron chi connectivity index (χ1n) is 9.02. The van der Waals surface area contributed by atoms with Crippen molar-refractivity contribution in [3.63, 3.8) is 0 Å². The molecule has 6 heteroatoms. The Morgan fingerprint density at radius 2 is 2.00 bits per heavy atom. The van der Waals surface area contributed by atoms with E-state index >= 15 is 0 Å². The third-order valence-corrected chi connectivity index (χ3v) is 5.39. The zero-order valence-electron chi connectivity index (χ0n) is 15.1. The quantitative estimate of drug-likeness (QED) is 0.854. The van der Waals surface area contributed by atoms with Crippen LogP contribution in [0.4, 0.5) is 5.95 Å². The maximum atomic E-state index is 5.97. The fourth-order valence-electron chi connectivity index (χ4n) is 3.97. The van der Waals surface area contributed by atoms with Gasteiger partial charge in [-0.3, -0.25) is 4.90 Å². The van der Waals surface area contributed by atoms with Gasteiger partial charge in [0.2, 0.25) is 5.95 Å². The number of aryl methyl sites for hydroxylation is 2. The van der Waals surface area contributed by atoms with Crippen LogP contribution >= 0.6 is 0 Å². The molecule has 0 radical (unpaired) electrons. The van der Waals surface area contributed by atoms with Crippen molar-refractivity contribution in [2.45, 2.75) is 26.8 Å². The summed E-state index contributed by atoms with van der Waals surface area (Å²) >= 11 is 0. The molecule has 2 aromatic heterocycles. The van der Waals surface area contributed by atoms with Crippen molar-refractivity contribution in [2.24, 2.45) is 5.41 Å². The number of hydrogen-bond acceptors (Lipinski definition) is 6. The van der Waals surface area contributed by atoms with Crippen molar-refractivity contribution < 1.29 is 9.15 Å². The molecule has 0 saturated carbocycles. The minimum Gasteiger partial charge on any atom is -0.465 e. The largest absolute Gasteiger partial charge is 0.465 e. The number of nitrogens with zero attached hydrogens (tertiary/aromatic N) is 4. The summed E-state index contributed by atoms with van der Waals surface area (Å²) in [6.07, 6.45) is 4.73. The van der Waals surface area contributed by atoms with Crippen LogP contribution in [0.5, 0.6) is 0 Å². The van der Waals surface area contributed by atoms with Crippen LogP contribution in [0.2, 0.25) is 0 Å². The smallest absolute Gasteiger partial charge is 0.225 e. The molecule has 0 aliphatic carbocycles. The van der Waals surface area contributed by atoms with Crippen molar-refractivity contribution in [3.05, 3.63) is 41.6 Å². The summed E-state index contributed by atoms with van der Waals surface area (Å²) in [5.74, 6) is 2.89. The van der Waals surface area contributed by atoms with Crippen molar-refractivity contribution in [1.29, 1.82) is 0 Å². The van der Waals surface area contributed by atoms with Crippen molar-refractivity contribution >= 4 is 5.95 Å². The van der Waals surface area contributed by atoms with Crippen molar-refractivity contribution in [2.75, 3.05) is 44.3 Å². The van der Waals surface area contributed by atoms with Crippen LogP contribution < -0.4 is 4.90 Å². The van der Waals surface area contributed by atoms with Gasteiger partial charge < -0.3 is 14.1 Å². The lowest BCUT2D eigenvalue weighted by molar-refractivity contribution is 0.0796. The van der Waals surface area contributed by atoms with Gasteiger partial charge in [0.05, 0.1) is 19.8 Å². The molecule has 0 aromatic carbocycles. The summed E-state index contributed by atoms with van der Waals surface area (Å²) in [6.45, 7) is 10.5. The van der Waals surface area contributed by atoms with Gasteiger partial charge in [-0.25, -0.2) is 9.97 Å². The summed E-state index contributed by atoms with van der Waals surface area (Å²) in [4.78, 5) is 13.6. The van der Waals surface area contributed by atoms with Gasteiger partial charge in [-0.1, -0.05) is 0 Å². The molecule has 2 saturated heterocycles. The molecule has 1 spiro atoms. The lowest BCUT2D eigenvalue weighted by Gasteiger charge is -2.31. The molecule has 4 rings (SSSR count). The monoisotopic (exact) mass is 342 g/mol. The van der Waals surface area contributed by atoms with Gasteiger partial charge in [-0.15, -0.1) is 0 Å². The first kappa shape index (κ1) is 16.5. The fourth-order valence-corrected chi connectivity index (χ4v) is 3.97. The van der Waals surface area contributed by atoms with Gasteiger partial charge in [-0.05, 0) is 38.0 Å². The van der Waals surface area contributed by atoms with Crippen LogP contribution in [0.15, 0.2) is 28.9 Å². The maximum absolute atomic E-state index is 5.97. The predicted molar refractivity (Wildman–Crippen MR) is 95.6 cm³/mol. The summed E-state index contributed by atoms with van der Waals surface area (Å²) in [5, 5.41) is 0. The summed E-state index contributed by atoms with van der Waals surface area (Å²) in [7, 11) is 0. The van der Waals surface area contributed by atoms with Crippen LogP contribution in [0, 0.1) is 19.3 Å². The third kappa shape index (κ3) is 3.55. The molecular formula is C19H26N4O2. The van der Waals surface area contributed by atoms with Gasteiger partial charge >= 0.3 is 0 Å². The Morgan fingerprint density at radius 1 is 1.16 bits per heavy atom. The maximum Gasteiger partial charge on any atom is 0.225 e. The first-order chi connectivity index (χ1) is 12.1. The first-order valence-corrected chi connectivity index (χ1v) is 9.02. The zero-order chi connectivity index (χ0) is 17.3. The molecule has 0 unspecified atom stereocenters. The van der Waals surface area contributed by atoms with Crippen LogP contribution in [-0.2, 0) is 11.3 Å². The van der Waals surface area contributed by atoms with E-state index in [4.69, 9.17) is 9.15 Å². The number of rotatable bonds is 3. The molecule has 2 aliphatic rings. The molecule has 0 amide bonds. The van der Waals surface area contributed by atoms with E-state index in [1.165, 1.54) is 5.56 Å². The Morgan fingerprint density at radius 3 is 2.76 bits per heavy atom. The highest BCUT2D eigenvalue weighted by Crippen LogP contribution is 2.35. The van der Waals surface area contributed by atoms with Gasteiger partial charge in [0.1, 0.15) is 11.5 Å². The average molecular weight is 342 g/mol. The van der Waals surface area contributed by atoms with Crippen LogP contribution in [-0.4, -0.2) is 54.3 Å². The van der Waals surface area contributed by atoms with Crippen molar-refractivity contribution in [3.8, 4) is 0 Å². The molecule has 0 N–H and O–H groups in total. The van der Waals surface area contributed by atoms with Gasteiger partial charge in [0.25, 0.3) is 0 Å². The third-order valence-electron chi connectivity index (χ3n) is 5.39. The van der Waals surface area contributed by atoms with E-state index < -0.39 is 0 Å². The van der Waals surface area contributed by atoms with Gasteiger partial charge in [0, 0.05) is 44.0 Å². The topological polar surface area (TPSA) is 54.6 Å². The normalized spacial score (nSPS) is 24.8. The Labute approximate surface area is 148 Å². The molecule has 2 aromatic rings. The standard InChI is InChI=1S/C19H26N4O2/c1-15-10-17(25-16(15)2)11-22-8-9-24-14-19(12-22)4-7-23(13-19)18-20-5-3-6-21-18/h3,5-6,10H,4,7-9,11-14H2,1-2H3/t19-/m1/s1. The van der Waals surface area contributed by atoms with E-state index in [2.05, 4.69) is 32.8 Å². The number of furan rings is 1. The molecular weight excluding hydrogens is 316 g/mol. The second-order valence-electron chi connectivity index (χ2n) is 7.44. The highest BCUT2D eigenvalue weighted by Gasteiger charge is 2.42. The predicted octanol–water partition coefficient (Wildman–Crippen LogP) is 2.42. The second kappa shape index (κ2) is 6.77. The molecule has 25 heavy (non-hydrogen) atoms. The Kier molecular flexibility index (Phi) is 4.48. The lowest BCUT2D eigenvalue weighted by Crippen LogP contribution is -2.40. The lowest BCUT2D eigenvalue weighted by atomic mass is 9.87. The summed E-state index contributed by atoms with van der Waals surface area (Å²) in [5.41, 5.74) is 1.37. The van der Waals surface area contributed by atoms with E-state index in [0.717, 1.165) is 69.8 Å². The minimum absolute atomic E-state index is 0.145. The summed E-state index contributed by atoms with van der Waals surface area (Å²) in [6, 6.07) is 4.02. The molecule has 4 heterocycles. The van der Waals surface area contributed by atoms with E-state index in [9.17, 15) is 0 Å². The molecule has 2 fully saturated rings. The molecule has 134 valence electrons. The van der Waals surface area contributed by atoms with Crippen LogP contribution in [0.25, 0.3) is 0 Å². The highest BCUT2D eigenvalue weighted by molar-refractivity contribution is 5.32. The highest BCUT2D eigenvalue weighted by atomic mass is 16.5. The van der Waals surface area contributed by atoms with Crippen LogP contribution in [0.3, 0.4) is 0 Å². The number of aromatic nitrogens is 2. The Balaban J connectivity index is 1.46. The molecule has 1 atom stereocenters. The van der Waals surface area contributed by atoms with E-state index in [1.807, 2.05) is 25.4 Å². The Bertz CT molecular complexity index is 698.